The molecule has 1 N–H and O–H groups in total. The molecular weight excluding hydrogens is 210 g/mol. The van der Waals surface area contributed by atoms with Gasteiger partial charge in [-0.1, -0.05) is 24.4 Å². The summed E-state index contributed by atoms with van der Waals surface area (Å²) in [5, 5.41) is 4.18. The van der Waals surface area contributed by atoms with Gasteiger partial charge in [-0.3, -0.25) is 0 Å². The van der Waals surface area contributed by atoms with E-state index in [0.29, 0.717) is 11.2 Å². The predicted octanol–water partition coefficient (Wildman–Crippen LogP) is 2.35. The second-order valence-electron chi connectivity index (χ2n) is 4.52. The van der Waals surface area contributed by atoms with E-state index >= 15 is 0 Å². The molecule has 1 fully saturated rings. The largest absolute Gasteiger partial charge is 0.321 e. The number of rotatable bonds is 5. The van der Waals surface area contributed by atoms with Crippen LogP contribution in [-0.2, 0) is 13.6 Å². The minimum absolute atomic E-state index is 0.577. The van der Waals surface area contributed by atoms with Crippen LogP contribution >= 0.6 is 11.6 Å². The van der Waals surface area contributed by atoms with E-state index in [4.69, 9.17) is 11.6 Å². The van der Waals surface area contributed by atoms with Crippen molar-refractivity contribution in [1.29, 1.82) is 0 Å². The van der Waals surface area contributed by atoms with Crippen molar-refractivity contribution in [2.24, 2.45) is 13.0 Å². The third kappa shape index (κ3) is 2.95. The molecule has 2 rings (SSSR count). The maximum absolute atomic E-state index is 5.91. The second-order valence-corrected chi connectivity index (χ2v) is 4.90. The number of nitrogens with zero attached hydrogens (tertiary/aromatic N) is 2. The summed E-state index contributed by atoms with van der Waals surface area (Å²) in [6.45, 7) is 3.04. The lowest BCUT2D eigenvalue weighted by molar-refractivity contribution is 0.476. The Bertz CT molecular complexity index is 331. The van der Waals surface area contributed by atoms with E-state index in [2.05, 4.69) is 17.2 Å². The Morgan fingerprint density at radius 2 is 2.40 bits per heavy atom. The summed E-state index contributed by atoms with van der Waals surface area (Å²) in [6.07, 6.45) is 5.82. The van der Waals surface area contributed by atoms with Crippen molar-refractivity contribution in [3.8, 4) is 0 Å². The average molecular weight is 228 g/mol. The van der Waals surface area contributed by atoms with Crippen molar-refractivity contribution < 1.29 is 0 Å². The van der Waals surface area contributed by atoms with Gasteiger partial charge in [0.15, 0.2) is 0 Å². The molecule has 1 aromatic rings. The summed E-state index contributed by atoms with van der Waals surface area (Å²) in [5.74, 6) is 1.97. The first-order valence-electron chi connectivity index (χ1n) is 5.56. The smallest absolute Gasteiger partial charge is 0.128 e. The molecule has 1 aromatic heterocycles. The van der Waals surface area contributed by atoms with E-state index in [0.717, 1.165) is 18.3 Å². The van der Waals surface area contributed by atoms with Gasteiger partial charge in [-0.15, -0.1) is 0 Å². The molecule has 0 saturated heterocycles. The van der Waals surface area contributed by atoms with Crippen LogP contribution in [0.1, 0.15) is 32.0 Å². The molecule has 1 saturated carbocycles. The summed E-state index contributed by atoms with van der Waals surface area (Å²) in [5.41, 5.74) is 0. The highest BCUT2D eigenvalue weighted by Gasteiger charge is 2.23. The van der Waals surface area contributed by atoms with Gasteiger partial charge in [0.05, 0.1) is 12.7 Å². The molecule has 1 aliphatic carbocycles. The Morgan fingerprint density at radius 3 is 2.93 bits per heavy atom. The van der Waals surface area contributed by atoms with E-state index in [-0.39, 0.29) is 0 Å². The highest BCUT2D eigenvalue weighted by Crippen LogP contribution is 2.33. The Hall–Kier alpha value is -0.540. The average Bonchev–Trinajstić information content (AvgIpc) is 2.95. The van der Waals surface area contributed by atoms with Gasteiger partial charge < -0.3 is 9.88 Å². The molecule has 0 bridgehead atoms. The quantitative estimate of drug-likeness (QED) is 0.837. The highest BCUT2D eigenvalue weighted by molar-refractivity contribution is 6.29. The lowest BCUT2D eigenvalue weighted by Crippen LogP contribution is -2.27. The Balaban J connectivity index is 1.78. The lowest BCUT2D eigenvalue weighted by atomic mass is 10.1. The number of aromatic nitrogens is 2. The molecule has 1 unspecified atom stereocenters. The van der Waals surface area contributed by atoms with Crippen LogP contribution in [0.15, 0.2) is 6.20 Å². The van der Waals surface area contributed by atoms with Crippen LogP contribution in [0.2, 0.25) is 5.15 Å². The van der Waals surface area contributed by atoms with Gasteiger partial charge in [0.2, 0.25) is 0 Å². The van der Waals surface area contributed by atoms with Gasteiger partial charge >= 0.3 is 0 Å². The molecule has 0 spiro atoms. The van der Waals surface area contributed by atoms with E-state index in [9.17, 15) is 0 Å². The van der Waals surface area contributed by atoms with Gasteiger partial charge in [-0.2, -0.15) is 0 Å². The summed E-state index contributed by atoms with van der Waals surface area (Å²) in [7, 11) is 1.94. The highest BCUT2D eigenvalue weighted by atomic mass is 35.5. The molecule has 15 heavy (non-hydrogen) atoms. The number of hydrogen-bond acceptors (Lipinski definition) is 2. The molecule has 0 radical (unpaired) electrons. The molecule has 4 heteroatoms. The van der Waals surface area contributed by atoms with Crippen molar-refractivity contribution in [3.63, 3.8) is 0 Å². The zero-order valence-corrected chi connectivity index (χ0v) is 10.1. The number of halogens is 1. The molecule has 3 nitrogen and oxygen atoms in total. The topological polar surface area (TPSA) is 29.9 Å². The second kappa shape index (κ2) is 4.54. The summed E-state index contributed by atoms with van der Waals surface area (Å²) < 4.78 is 1.92. The maximum Gasteiger partial charge on any atom is 0.128 e. The zero-order valence-electron chi connectivity index (χ0n) is 9.33. The van der Waals surface area contributed by atoms with E-state index in [1.54, 1.807) is 6.20 Å². The summed E-state index contributed by atoms with van der Waals surface area (Å²) >= 11 is 5.91. The Labute approximate surface area is 95.8 Å². The van der Waals surface area contributed by atoms with Crippen molar-refractivity contribution in [1.82, 2.24) is 14.9 Å². The van der Waals surface area contributed by atoms with Gasteiger partial charge in [-0.05, 0) is 19.3 Å². The van der Waals surface area contributed by atoms with Crippen LogP contribution in [0, 0.1) is 5.92 Å². The van der Waals surface area contributed by atoms with Crippen LogP contribution in [-0.4, -0.2) is 15.6 Å². The lowest BCUT2D eigenvalue weighted by Gasteiger charge is -2.12. The summed E-state index contributed by atoms with van der Waals surface area (Å²) in [6, 6.07) is 0.577. The van der Waals surface area contributed by atoms with Crippen molar-refractivity contribution in [2.45, 2.75) is 38.8 Å². The molecule has 1 heterocycles. The van der Waals surface area contributed by atoms with Gasteiger partial charge in [0.25, 0.3) is 0 Å². The minimum Gasteiger partial charge on any atom is -0.321 e. The molecule has 84 valence electrons. The fourth-order valence-electron chi connectivity index (χ4n) is 1.79. The molecule has 0 aliphatic heterocycles. The van der Waals surface area contributed by atoms with Crippen LogP contribution < -0.4 is 5.32 Å². The first kappa shape index (κ1) is 11.0. The van der Waals surface area contributed by atoms with Crippen molar-refractivity contribution in [3.05, 3.63) is 17.2 Å². The minimum atomic E-state index is 0.577. The standard InChI is InChI=1S/C11H18ClN3/c1-8(5-9-3-4-9)13-7-11-14-6-10(12)15(11)2/h6,8-9,13H,3-5,7H2,1-2H3. The van der Waals surface area contributed by atoms with Crippen molar-refractivity contribution >= 4 is 11.6 Å². The molecule has 1 aliphatic rings. The molecule has 0 amide bonds. The molecule has 1 atom stereocenters. The van der Waals surface area contributed by atoms with Crippen LogP contribution in [0.25, 0.3) is 0 Å². The van der Waals surface area contributed by atoms with Crippen LogP contribution in [0.5, 0.6) is 0 Å². The van der Waals surface area contributed by atoms with Crippen molar-refractivity contribution in [2.75, 3.05) is 0 Å². The van der Waals surface area contributed by atoms with Crippen LogP contribution in [0.3, 0.4) is 0 Å². The third-order valence-corrected chi connectivity index (χ3v) is 3.37. The van der Waals surface area contributed by atoms with Gasteiger partial charge in [0, 0.05) is 13.1 Å². The van der Waals surface area contributed by atoms with Gasteiger partial charge in [0.1, 0.15) is 11.0 Å². The van der Waals surface area contributed by atoms with Crippen LogP contribution in [0.4, 0.5) is 0 Å². The van der Waals surface area contributed by atoms with Gasteiger partial charge in [-0.25, -0.2) is 4.98 Å². The normalized spacial score (nSPS) is 18.1. The fourth-order valence-corrected chi connectivity index (χ4v) is 1.94. The molecule has 0 aromatic carbocycles. The van der Waals surface area contributed by atoms with E-state index in [1.807, 2.05) is 11.6 Å². The zero-order chi connectivity index (χ0) is 10.8. The Kier molecular flexibility index (Phi) is 3.32. The predicted molar refractivity (Wildman–Crippen MR) is 61.9 cm³/mol. The Morgan fingerprint density at radius 1 is 1.67 bits per heavy atom. The molecular formula is C11H18ClN3. The number of hydrogen-bond donors (Lipinski definition) is 1. The number of imidazole rings is 1. The van der Waals surface area contributed by atoms with E-state index < -0.39 is 0 Å². The maximum atomic E-state index is 5.91. The summed E-state index contributed by atoms with van der Waals surface area (Å²) in [4.78, 5) is 4.25. The first-order valence-corrected chi connectivity index (χ1v) is 5.94. The van der Waals surface area contributed by atoms with E-state index in [1.165, 1.54) is 19.3 Å². The SMILES string of the molecule is CC(CC1CC1)NCc1ncc(Cl)n1C. The third-order valence-electron chi connectivity index (χ3n) is 3.02. The monoisotopic (exact) mass is 227 g/mol. The first-order chi connectivity index (χ1) is 7.16. The fraction of sp³-hybridized carbons (Fsp3) is 0.727. The number of nitrogens with one attached hydrogen (secondary N) is 1.